The molecule has 4 rings (SSSR count). The van der Waals surface area contributed by atoms with Gasteiger partial charge in [-0.3, -0.25) is 14.5 Å². The second-order valence-corrected chi connectivity index (χ2v) is 7.41. The zero-order chi connectivity index (χ0) is 21.1. The lowest BCUT2D eigenvalue weighted by Gasteiger charge is -2.22. The van der Waals surface area contributed by atoms with E-state index in [1.54, 1.807) is 13.2 Å². The summed E-state index contributed by atoms with van der Waals surface area (Å²) in [6.45, 7) is 4.67. The number of rotatable bonds is 7. The minimum absolute atomic E-state index is 0.114. The monoisotopic (exact) mass is 410 g/mol. The molecule has 1 aliphatic heterocycles. The van der Waals surface area contributed by atoms with E-state index in [1.165, 1.54) is 15.5 Å². The highest BCUT2D eigenvalue weighted by Crippen LogP contribution is 2.21. The number of fused-ring (bicyclic) bond motifs is 1. The van der Waals surface area contributed by atoms with Crippen LogP contribution in [-0.4, -0.2) is 63.0 Å². The van der Waals surface area contributed by atoms with Gasteiger partial charge >= 0.3 is 0 Å². The second kappa shape index (κ2) is 8.66. The van der Waals surface area contributed by atoms with Crippen LogP contribution < -0.4 is 15.6 Å². The smallest absolute Gasteiger partial charge is 0.293 e. The molecule has 0 aliphatic carbocycles. The van der Waals surface area contributed by atoms with Gasteiger partial charge < -0.3 is 10.1 Å². The van der Waals surface area contributed by atoms with Crippen molar-refractivity contribution in [3.8, 4) is 17.0 Å². The van der Waals surface area contributed by atoms with Gasteiger partial charge in [-0.15, -0.1) is 0 Å². The van der Waals surface area contributed by atoms with Gasteiger partial charge in [0.15, 0.2) is 0 Å². The van der Waals surface area contributed by atoms with E-state index in [-0.39, 0.29) is 18.0 Å². The summed E-state index contributed by atoms with van der Waals surface area (Å²) in [5.74, 6) is 0.531. The van der Waals surface area contributed by atoms with Gasteiger partial charge in [0.2, 0.25) is 5.91 Å². The van der Waals surface area contributed by atoms with Crippen LogP contribution in [0.3, 0.4) is 0 Å². The molecule has 1 atom stereocenters. The van der Waals surface area contributed by atoms with Gasteiger partial charge in [-0.25, -0.2) is 9.20 Å². The van der Waals surface area contributed by atoms with E-state index in [9.17, 15) is 9.59 Å². The SMILES string of the molecule is CCN1CCCC1CNC(=O)Cn1ncn2nc(-c3ccc(OC)cc3)cc2c1=O. The van der Waals surface area contributed by atoms with Crippen LogP contribution in [0, 0.1) is 0 Å². The van der Waals surface area contributed by atoms with Gasteiger partial charge in [0.25, 0.3) is 5.56 Å². The van der Waals surface area contributed by atoms with Crippen LogP contribution in [0.2, 0.25) is 0 Å². The molecule has 1 unspecified atom stereocenters. The minimum Gasteiger partial charge on any atom is -0.497 e. The van der Waals surface area contributed by atoms with Gasteiger partial charge in [0.1, 0.15) is 24.1 Å². The largest absolute Gasteiger partial charge is 0.497 e. The van der Waals surface area contributed by atoms with Gasteiger partial charge in [-0.2, -0.15) is 10.2 Å². The van der Waals surface area contributed by atoms with Crippen LogP contribution in [0.15, 0.2) is 41.5 Å². The van der Waals surface area contributed by atoms with Crippen LogP contribution in [0.1, 0.15) is 19.8 Å². The molecule has 0 saturated carbocycles. The summed E-state index contributed by atoms with van der Waals surface area (Å²) in [4.78, 5) is 27.5. The number of aromatic nitrogens is 4. The summed E-state index contributed by atoms with van der Waals surface area (Å²) >= 11 is 0. The molecule has 0 spiro atoms. The fraction of sp³-hybridized carbons (Fsp3) is 0.429. The number of carbonyl (C=O) groups is 1. The first-order valence-electron chi connectivity index (χ1n) is 10.2. The Morgan fingerprint density at radius 3 is 2.83 bits per heavy atom. The fourth-order valence-corrected chi connectivity index (χ4v) is 3.92. The van der Waals surface area contributed by atoms with Gasteiger partial charge in [-0.05, 0) is 56.3 Å². The van der Waals surface area contributed by atoms with Gasteiger partial charge in [0.05, 0.1) is 12.8 Å². The molecule has 1 amide bonds. The highest BCUT2D eigenvalue weighted by molar-refractivity contribution is 5.75. The third kappa shape index (κ3) is 4.06. The first-order valence-corrected chi connectivity index (χ1v) is 10.2. The molecule has 9 heteroatoms. The Morgan fingerprint density at radius 1 is 1.30 bits per heavy atom. The molecule has 3 aromatic rings. The average molecular weight is 410 g/mol. The lowest BCUT2D eigenvalue weighted by atomic mass is 10.1. The number of nitrogens with zero attached hydrogens (tertiary/aromatic N) is 5. The summed E-state index contributed by atoms with van der Waals surface area (Å²) < 4.78 is 7.79. The molecular formula is C21H26N6O3. The van der Waals surface area contributed by atoms with Gasteiger partial charge in [-0.1, -0.05) is 6.92 Å². The highest BCUT2D eigenvalue weighted by Gasteiger charge is 2.23. The molecule has 1 fully saturated rings. The van der Waals surface area contributed by atoms with Crippen LogP contribution >= 0.6 is 0 Å². The zero-order valence-electron chi connectivity index (χ0n) is 17.2. The van der Waals surface area contributed by atoms with Gasteiger partial charge in [0, 0.05) is 18.2 Å². The molecular weight excluding hydrogens is 384 g/mol. The third-order valence-corrected chi connectivity index (χ3v) is 5.61. The minimum atomic E-state index is -0.351. The maximum absolute atomic E-state index is 12.8. The summed E-state index contributed by atoms with van der Waals surface area (Å²) in [7, 11) is 1.61. The Kier molecular flexibility index (Phi) is 5.80. The molecule has 1 saturated heterocycles. The molecule has 158 valence electrons. The predicted molar refractivity (Wildman–Crippen MR) is 113 cm³/mol. The van der Waals surface area contributed by atoms with Crippen molar-refractivity contribution in [1.29, 1.82) is 0 Å². The molecule has 0 radical (unpaired) electrons. The molecule has 1 aromatic carbocycles. The summed E-state index contributed by atoms with van der Waals surface area (Å²) in [5, 5.41) is 11.5. The number of amides is 1. The Morgan fingerprint density at radius 2 is 2.10 bits per heavy atom. The Hall–Kier alpha value is -3.20. The number of ether oxygens (including phenoxy) is 1. The maximum Gasteiger partial charge on any atom is 0.293 e. The van der Waals surface area contributed by atoms with Crippen LogP contribution in [0.4, 0.5) is 0 Å². The molecule has 1 N–H and O–H groups in total. The number of carbonyl (C=O) groups excluding carboxylic acids is 1. The number of hydrogen-bond donors (Lipinski definition) is 1. The standard InChI is InChI=1S/C21H26N6O3/c1-3-25-10-4-5-16(25)12-22-20(28)13-26-21(29)19-11-18(24-27(19)14-23-26)15-6-8-17(30-2)9-7-15/h6-9,11,14,16H,3-5,10,12-13H2,1-2H3,(H,22,28). The molecule has 1 aliphatic rings. The van der Waals surface area contributed by atoms with Crippen molar-refractivity contribution in [3.63, 3.8) is 0 Å². The first-order chi connectivity index (χ1) is 14.6. The Balaban J connectivity index is 1.47. The maximum atomic E-state index is 12.8. The topological polar surface area (TPSA) is 93.8 Å². The normalized spacial score (nSPS) is 16.8. The van der Waals surface area contributed by atoms with E-state index in [1.807, 2.05) is 24.3 Å². The molecule has 30 heavy (non-hydrogen) atoms. The number of hydrogen-bond acceptors (Lipinski definition) is 6. The number of likely N-dealkylation sites (N-methyl/N-ethyl adjacent to an activating group) is 1. The highest BCUT2D eigenvalue weighted by atomic mass is 16.5. The number of methoxy groups -OCH3 is 1. The fourth-order valence-electron chi connectivity index (χ4n) is 3.92. The quantitative estimate of drug-likeness (QED) is 0.628. The van der Waals surface area contributed by atoms with Crippen molar-refractivity contribution in [2.75, 3.05) is 26.7 Å². The number of nitrogens with one attached hydrogen (secondary N) is 1. The van der Waals surface area contributed by atoms with E-state index in [0.717, 1.165) is 37.2 Å². The van der Waals surface area contributed by atoms with E-state index in [0.29, 0.717) is 23.8 Å². The van der Waals surface area contributed by atoms with Crippen LogP contribution in [0.25, 0.3) is 16.8 Å². The van der Waals surface area contributed by atoms with Crippen LogP contribution in [-0.2, 0) is 11.3 Å². The zero-order valence-corrected chi connectivity index (χ0v) is 17.2. The lowest BCUT2D eigenvalue weighted by Crippen LogP contribution is -2.42. The van der Waals surface area contributed by atoms with E-state index >= 15 is 0 Å². The number of likely N-dealkylation sites (tertiary alicyclic amines) is 1. The molecule has 2 aromatic heterocycles. The van der Waals surface area contributed by atoms with Crippen molar-refractivity contribution >= 4 is 11.4 Å². The van der Waals surface area contributed by atoms with E-state index < -0.39 is 0 Å². The Bertz CT molecular complexity index is 1090. The predicted octanol–water partition coefficient (Wildman–Crippen LogP) is 1.17. The molecule has 9 nitrogen and oxygen atoms in total. The van der Waals surface area contributed by atoms with Crippen molar-refractivity contribution < 1.29 is 9.53 Å². The lowest BCUT2D eigenvalue weighted by molar-refractivity contribution is -0.122. The first kappa shape index (κ1) is 20.1. The summed E-state index contributed by atoms with van der Waals surface area (Å²) in [6.07, 6.45) is 3.69. The third-order valence-electron chi connectivity index (χ3n) is 5.61. The summed E-state index contributed by atoms with van der Waals surface area (Å²) in [5.41, 5.74) is 1.53. The van der Waals surface area contributed by atoms with E-state index in [4.69, 9.17) is 4.74 Å². The van der Waals surface area contributed by atoms with Crippen molar-refractivity contribution in [3.05, 3.63) is 47.0 Å². The molecule has 0 bridgehead atoms. The second-order valence-electron chi connectivity index (χ2n) is 7.41. The summed E-state index contributed by atoms with van der Waals surface area (Å²) in [6, 6.07) is 9.51. The number of benzene rings is 1. The van der Waals surface area contributed by atoms with Crippen molar-refractivity contribution in [2.45, 2.75) is 32.4 Å². The van der Waals surface area contributed by atoms with Crippen LogP contribution in [0.5, 0.6) is 5.75 Å². The average Bonchev–Trinajstić information content (AvgIpc) is 3.41. The van der Waals surface area contributed by atoms with E-state index in [2.05, 4.69) is 27.3 Å². The molecule has 3 heterocycles. The van der Waals surface area contributed by atoms with Crippen molar-refractivity contribution in [1.82, 2.24) is 29.6 Å². The van der Waals surface area contributed by atoms with Crippen molar-refractivity contribution in [2.24, 2.45) is 0 Å². The Labute approximate surface area is 174 Å².